The Kier molecular flexibility index (Phi) is 1.56. The van der Waals surface area contributed by atoms with E-state index in [4.69, 9.17) is 0 Å². The predicted molar refractivity (Wildman–Crippen MR) is 45.7 cm³/mol. The molecule has 0 saturated carbocycles. The van der Waals surface area contributed by atoms with E-state index in [2.05, 4.69) is 10.3 Å². The standard InChI is InChI=1S/C7H9N4O3/c1-10-5(12)4-7(14,9-3-8-4)11(2)6(10)13/h3,14H,1-2H3,(H,8,9). The molecule has 0 spiro atoms. The first-order valence-electron chi connectivity index (χ1n) is 3.94. The fourth-order valence-electron chi connectivity index (χ4n) is 1.41. The molecule has 1 radical (unpaired) electrons. The monoisotopic (exact) mass is 197 g/mol. The van der Waals surface area contributed by atoms with Crippen molar-refractivity contribution in [2.75, 3.05) is 14.1 Å². The number of carbonyl (C=O) groups excluding carboxylic acids is 2. The number of aliphatic hydroxyl groups is 1. The van der Waals surface area contributed by atoms with Gasteiger partial charge in [0.1, 0.15) is 0 Å². The van der Waals surface area contributed by atoms with Crippen LogP contribution >= 0.6 is 0 Å². The maximum Gasteiger partial charge on any atom is 0.330 e. The normalized spacial score (nSPS) is 32.2. The lowest BCUT2D eigenvalue weighted by atomic mass is 10.1. The van der Waals surface area contributed by atoms with E-state index in [0.717, 1.165) is 9.80 Å². The highest BCUT2D eigenvalue weighted by atomic mass is 16.3. The Morgan fingerprint density at radius 3 is 2.79 bits per heavy atom. The highest BCUT2D eigenvalue weighted by Gasteiger charge is 2.57. The van der Waals surface area contributed by atoms with E-state index < -0.39 is 17.8 Å². The molecule has 7 nitrogen and oxygen atoms in total. The van der Waals surface area contributed by atoms with Crippen molar-refractivity contribution in [1.82, 2.24) is 15.1 Å². The van der Waals surface area contributed by atoms with Crippen molar-refractivity contribution in [3.63, 3.8) is 0 Å². The van der Waals surface area contributed by atoms with Crippen LogP contribution in [0, 0.1) is 6.04 Å². The Hall–Kier alpha value is -1.63. The van der Waals surface area contributed by atoms with E-state index in [1.165, 1.54) is 20.4 Å². The minimum absolute atomic E-state index is 0.0953. The molecule has 2 aliphatic rings. The van der Waals surface area contributed by atoms with Crippen LogP contribution in [0.4, 0.5) is 4.79 Å². The molecular formula is C7H9N4O3. The van der Waals surface area contributed by atoms with Crippen molar-refractivity contribution in [3.8, 4) is 0 Å². The summed E-state index contributed by atoms with van der Waals surface area (Å²) in [5.41, 5.74) is 0. The van der Waals surface area contributed by atoms with Gasteiger partial charge in [0.05, 0.1) is 6.34 Å². The van der Waals surface area contributed by atoms with Crippen LogP contribution in [0.1, 0.15) is 0 Å². The second-order valence-electron chi connectivity index (χ2n) is 3.13. The molecule has 3 amide bonds. The SMILES string of the molecule is CN1C(=O)[C]2N=CNC2(O)N(C)C1=O. The molecule has 1 atom stereocenters. The number of nitrogens with one attached hydrogen (secondary N) is 1. The largest absolute Gasteiger partial charge is 0.351 e. The molecule has 1 fully saturated rings. The first kappa shape index (κ1) is 8.95. The van der Waals surface area contributed by atoms with Crippen LogP contribution in [0.15, 0.2) is 4.99 Å². The third-order valence-corrected chi connectivity index (χ3v) is 2.36. The Balaban J connectivity index is 2.43. The third-order valence-electron chi connectivity index (χ3n) is 2.36. The number of imide groups is 1. The number of amides is 3. The summed E-state index contributed by atoms with van der Waals surface area (Å²) in [7, 11) is 2.72. The number of carbonyl (C=O) groups is 2. The summed E-state index contributed by atoms with van der Waals surface area (Å²) < 4.78 is 0. The van der Waals surface area contributed by atoms with Crippen molar-refractivity contribution >= 4 is 18.3 Å². The Bertz CT molecular complexity index is 342. The van der Waals surface area contributed by atoms with Crippen molar-refractivity contribution in [2.24, 2.45) is 4.99 Å². The van der Waals surface area contributed by atoms with Gasteiger partial charge in [-0.15, -0.1) is 0 Å². The average Bonchev–Trinajstić information content (AvgIpc) is 2.55. The smallest absolute Gasteiger partial charge is 0.330 e. The Morgan fingerprint density at radius 2 is 2.14 bits per heavy atom. The van der Waals surface area contributed by atoms with Crippen LogP contribution in [0.3, 0.4) is 0 Å². The van der Waals surface area contributed by atoms with Gasteiger partial charge >= 0.3 is 6.03 Å². The van der Waals surface area contributed by atoms with E-state index in [9.17, 15) is 14.7 Å². The zero-order chi connectivity index (χ0) is 10.5. The van der Waals surface area contributed by atoms with Crippen LogP contribution in [0.25, 0.3) is 0 Å². The summed E-state index contributed by atoms with van der Waals surface area (Å²) in [6.07, 6.45) is 1.19. The molecule has 7 heteroatoms. The van der Waals surface area contributed by atoms with Crippen LogP contribution in [-0.4, -0.2) is 53.1 Å². The fourth-order valence-corrected chi connectivity index (χ4v) is 1.41. The summed E-state index contributed by atoms with van der Waals surface area (Å²) in [5.74, 6) is -2.39. The van der Waals surface area contributed by atoms with E-state index in [0.29, 0.717) is 0 Å². The lowest BCUT2D eigenvalue weighted by Crippen LogP contribution is -2.69. The number of aliphatic imine (C=N–C) groups is 1. The van der Waals surface area contributed by atoms with E-state index in [1.807, 2.05) is 0 Å². The number of likely N-dealkylation sites (N-methyl/N-ethyl adjacent to an activating group) is 2. The summed E-state index contributed by atoms with van der Waals surface area (Å²) in [5, 5.41) is 12.4. The summed E-state index contributed by atoms with van der Waals surface area (Å²) in [6, 6.07) is -0.679. The quantitative estimate of drug-likeness (QED) is 0.485. The summed E-state index contributed by atoms with van der Waals surface area (Å²) >= 11 is 0. The number of hydrogen-bond acceptors (Lipinski definition) is 5. The summed E-state index contributed by atoms with van der Waals surface area (Å²) in [4.78, 5) is 28.5. The predicted octanol–water partition coefficient (Wildman–Crippen LogP) is -1.68. The van der Waals surface area contributed by atoms with Crippen molar-refractivity contribution < 1.29 is 14.7 Å². The minimum Gasteiger partial charge on any atom is -0.351 e. The molecule has 14 heavy (non-hydrogen) atoms. The zero-order valence-electron chi connectivity index (χ0n) is 7.68. The molecule has 1 saturated heterocycles. The maximum absolute atomic E-state index is 11.5. The van der Waals surface area contributed by atoms with Gasteiger partial charge in [-0.3, -0.25) is 14.6 Å². The van der Waals surface area contributed by atoms with E-state index >= 15 is 0 Å². The van der Waals surface area contributed by atoms with Crippen molar-refractivity contribution in [2.45, 2.75) is 5.85 Å². The van der Waals surface area contributed by atoms with Crippen LogP contribution < -0.4 is 5.32 Å². The lowest BCUT2D eigenvalue weighted by molar-refractivity contribution is -0.144. The molecule has 2 N–H and O–H groups in total. The van der Waals surface area contributed by atoms with Crippen molar-refractivity contribution in [3.05, 3.63) is 6.04 Å². The summed E-state index contributed by atoms with van der Waals surface area (Å²) in [6.45, 7) is 0. The molecule has 0 aliphatic carbocycles. The molecule has 1 unspecified atom stereocenters. The van der Waals surface area contributed by atoms with Crippen LogP contribution in [0.2, 0.25) is 0 Å². The second kappa shape index (κ2) is 2.44. The van der Waals surface area contributed by atoms with Gasteiger partial charge in [-0.25, -0.2) is 9.79 Å². The van der Waals surface area contributed by atoms with Crippen LogP contribution in [-0.2, 0) is 4.79 Å². The van der Waals surface area contributed by atoms with Gasteiger partial charge in [-0.1, -0.05) is 0 Å². The van der Waals surface area contributed by atoms with E-state index in [1.54, 1.807) is 0 Å². The van der Waals surface area contributed by atoms with Gasteiger partial charge < -0.3 is 10.4 Å². The number of nitrogens with zero attached hydrogens (tertiary/aromatic N) is 3. The first-order chi connectivity index (χ1) is 6.48. The molecule has 0 aromatic carbocycles. The second-order valence-corrected chi connectivity index (χ2v) is 3.13. The number of hydrogen-bond donors (Lipinski definition) is 2. The van der Waals surface area contributed by atoms with Crippen LogP contribution in [0.5, 0.6) is 0 Å². The molecule has 0 aromatic heterocycles. The highest BCUT2D eigenvalue weighted by molar-refractivity contribution is 6.07. The average molecular weight is 197 g/mol. The van der Waals surface area contributed by atoms with Gasteiger partial charge in [0.2, 0.25) is 6.04 Å². The number of fused-ring (bicyclic) bond motifs is 1. The highest BCUT2D eigenvalue weighted by Crippen LogP contribution is 2.31. The molecule has 2 rings (SSSR count). The van der Waals surface area contributed by atoms with Crippen molar-refractivity contribution in [1.29, 1.82) is 0 Å². The molecule has 2 aliphatic heterocycles. The van der Waals surface area contributed by atoms with Gasteiger partial charge in [0.15, 0.2) is 0 Å². The Morgan fingerprint density at radius 1 is 1.50 bits per heavy atom. The molecular weight excluding hydrogens is 188 g/mol. The van der Waals surface area contributed by atoms with E-state index in [-0.39, 0.29) is 6.04 Å². The topological polar surface area (TPSA) is 85.2 Å². The maximum atomic E-state index is 11.5. The number of urea groups is 1. The fraction of sp³-hybridized carbons (Fsp3) is 0.429. The zero-order valence-corrected chi connectivity index (χ0v) is 7.68. The lowest BCUT2D eigenvalue weighted by Gasteiger charge is -2.42. The van der Waals surface area contributed by atoms with Gasteiger partial charge in [-0.2, -0.15) is 0 Å². The third kappa shape index (κ3) is 0.818. The number of rotatable bonds is 0. The molecule has 0 aromatic rings. The Labute approximate surface area is 80.0 Å². The molecule has 75 valence electrons. The molecule has 0 bridgehead atoms. The van der Waals surface area contributed by atoms with Gasteiger partial charge in [0, 0.05) is 14.1 Å². The van der Waals surface area contributed by atoms with Gasteiger partial charge in [0.25, 0.3) is 11.8 Å². The first-order valence-corrected chi connectivity index (χ1v) is 3.94. The minimum atomic E-state index is -1.79. The van der Waals surface area contributed by atoms with Gasteiger partial charge in [-0.05, 0) is 0 Å². The molecule has 2 heterocycles.